The van der Waals surface area contributed by atoms with Crippen molar-refractivity contribution in [3.63, 3.8) is 0 Å². The Morgan fingerprint density at radius 2 is 2.26 bits per heavy atom. The smallest absolute Gasteiger partial charge is 0.337 e. The Morgan fingerprint density at radius 3 is 2.74 bits per heavy atom. The molecule has 0 bridgehead atoms. The van der Waals surface area contributed by atoms with Crippen molar-refractivity contribution in [2.24, 2.45) is 0 Å². The number of pyridine rings is 1. The second kappa shape index (κ2) is 4.93. The van der Waals surface area contributed by atoms with Crippen molar-refractivity contribution in [2.45, 2.75) is 12.0 Å². The molecule has 1 aliphatic rings. The van der Waals surface area contributed by atoms with Gasteiger partial charge in [-0.25, -0.2) is 14.2 Å². The third kappa shape index (κ3) is 2.41. The minimum Gasteiger partial charge on any atom is -0.479 e. The van der Waals surface area contributed by atoms with Gasteiger partial charge in [-0.2, -0.15) is 0 Å². The lowest BCUT2D eigenvalue weighted by atomic mass is 10.0. The molecule has 1 unspecified atom stereocenters. The summed E-state index contributed by atoms with van der Waals surface area (Å²) in [6.45, 7) is 0.217. The molecule has 0 radical (unpaired) electrons. The van der Waals surface area contributed by atoms with Gasteiger partial charge in [0.25, 0.3) is 5.91 Å². The van der Waals surface area contributed by atoms with Crippen LogP contribution in [-0.4, -0.2) is 52.7 Å². The van der Waals surface area contributed by atoms with Crippen molar-refractivity contribution >= 4 is 11.9 Å². The van der Waals surface area contributed by atoms with Crippen LogP contribution in [0.15, 0.2) is 18.3 Å². The number of carboxylic acids is 1. The van der Waals surface area contributed by atoms with E-state index in [1.54, 1.807) is 0 Å². The van der Waals surface area contributed by atoms with E-state index in [-0.39, 0.29) is 25.2 Å². The molecule has 2 heterocycles. The van der Waals surface area contributed by atoms with E-state index in [0.29, 0.717) is 0 Å². The first-order chi connectivity index (χ1) is 8.98. The SMILES string of the molecule is COC1(C(=O)O)CCN(C(=O)c2ccc(F)cn2)C1. The van der Waals surface area contributed by atoms with Gasteiger partial charge in [0.05, 0.1) is 12.7 Å². The fourth-order valence-corrected chi connectivity index (χ4v) is 2.05. The first-order valence-corrected chi connectivity index (χ1v) is 5.68. The fraction of sp³-hybridized carbons (Fsp3) is 0.417. The van der Waals surface area contributed by atoms with Crippen molar-refractivity contribution < 1.29 is 23.8 Å². The van der Waals surface area contributed by atoms with Crippen LogP contribution in [0.5, 0.6) is 0 Å². The third-order valence-electron chi connectivity index (χ3n) is 3.25. The van der Waals surface area contributed by atoms with Crippen LogP contribution in [-0.2, 0) is 9.53 Å². The number of carbonyl (C=O) groups is 2. The summed E-state index contributed by atoms with van der Waals surface area (Å²) in [5.74, 6) is -2.06. The highest BCUT2D eigenvalue weighted by Gasteiger charge is 2.47. The average Bonchev–Trinajstić information content (AvgIpc) is 2.84. The molecule has 1 amide bonds. The molecule has 19 heavy (non-hydrogen) atoms. The van der Waals surface area contributed by atoms with E-state index in [1.165, 1.54) is 18.1 Å². The Hall–Kier alpha value is -2.02. The van der Waals surface area contributed by atoms with Crippen LogP contribution in [0.25, 0.3) is 0 Å². The highest BCUT2D eigenvalue weighted by atomic mass is 19.1. The molecule has 0 spiro atoms. The maximum absolute atomic E-state index is 12.7. The normalized spacial score (nSPS) is 22.5. The molecule has 1 aliphatic heterocycles. The second-order valence-corrected chi connectivity index (χ2v) is 4.34. The maximum atomic E-state index is 12.7. The van der Waals surface area contributed by atoms with Gasteiger partial charge in [0, 0.05) is 20.1 Å². The second-order valence-electron chi connectivity index (χ2n) is 4.34. The molecule has 0 aromatic carbocycles. The number of likely N-dealkylation sites (tertiary alicyclic amines) is 1. The number of aliphatic carboxylic acids is 1. The van der Waals surface area contributed by atoms with Gasteiger partial charge in [-0.1, -0.05) is 0 Å². The Kier molecular flexibility index (Phi) is 3.48. The summed E-state index contributed by atoms with van der Waals surface area (Å²) in [6, 6.07) is 2.41. The molecule has 7 heteroatoms. The third-order valence-corrected chi connectivity index (χ3v) is 3.25. The van der Waals surface area contributed by atoms with Gasteiger partial charge in [0.15, 0.2) is 5.60 Å². The Bertz CT molecular complexity index is 505. The molecule has 0 aliphatic carbocycles. The van der Waals surface area contributed by atoms with Crippen LogP contribution in [0.1, 0.15) is 16.9 Å². The number of rotatable bonds is 3. The van der Waals surface area contributed by atoms with Gasteiger partial charge in [-0.15, -0.1) is 0 Å². The number of carbonyl (C=O) groups excluding carboxylic acids is 1. The molecule has 1 atom stereocenters. The van der Waals surface area contributed by atoms with Gasteiger partial charge in [-0.05, 0) is 12.1 Å². The van der Waals surface area contributed by atoms with Crippen LogP contribution >= 0.6 is 0 Å². The van der Waals surface area contributed by atoms with Gasteiger partial charge >= 0.3 is 5.97 Å². The number of methoxy groups -OCH3 is 1. The molecule has 1 fully saturated rings. The molecular formula is C12H13FN2O4. The van der Waals surface area contributed by atoms with Gasteiger partial charge in [0.1, 0.15) is 11.5 Å². The van der Waals surface area contributed by atoms with Gasteiger partial charge < -0.3 is 14.7 Å². The lowest BCUT2D eigenvalue weighted by Gasteiger charge is -2.22. The van der Waals surface area contributed by atoms with Crippen molar-refractivity contribution in [3.05, 3.63) is 29.8 Å². The molecule has 2 rings (SSSR count). The summed E-state index contributed by atoms with van der Waals surface area (Å²) < 4.78 is 17.7. The van der Waals surface area contributed by atoms with Crippen LogP contribution in [0.4, 0.5) is 4.39 Å². The Labute approximate surface area is 108 Å². The number of ether oxygens (including phenoxy) is 1. The number of carboxylic acid groups (broad SMARTS) is 1. The highest BCUT2D eigenvalue weighted by molar-refractivity contribution is 5.93. The maximum Gasteiger partial charge on any atom is 0.337 e. The first kappa shape index (κ1) is 13.4. The molecule has 1 N–H and O–H groups in total. The van der Waals surface area contributed by atoms with Crippen molar-refractivity contribution in [1.82, 2.24) is 9.88 Å². The van der Waals surface area contributed by atoms with Crippen molar-refractivity contribution in [1.29, 1.82) is 0 Å². The minimum absolute atomic E-state index is 0.0449. The van der Waals surface area contributed by atoms with Crippen LogP contribution in [0, 0.1) is 5.82 Å². The van der Waals surface area contributed by atoms with E-state index in [4.69, 9.17) is 9.84 Å². The number of amides is 1. The summed E-state index contributed by atoms with van der Waals surface area (Å²) in [6.07, 6.45) is 1.16. The van der Waals surface area contributed by atoms with E-state index in [2.05, 4.69) is 4.98 Å². The van der Waals surface area contributed by atoms with E-state index in [0.717, 1.165) is 12.3 Å². The Balaban J connectivity index is 2.14. The van der Waals surface area contributed by atoms with E-state index >= 15 is 0 Å². The number of halogens is 1. The average molecular weight is 268 g/mol. The molecule has 0 saturated carbocycles. The standard InChI is InChI=1S/C12H13FN2O4/c1-19-12(11(17)18)4-5-15(7-12)10(16)9-3-2-8(13)6-14-9/h2-3,6H,4-5,7H2,1H3,(H,17,18). The molecule has 1 aromatic rings. The highest BCUT2D eigenvalue weighted by Crippen LogP contribution is 2.26. The summed E-state index contributed by atoms with van der Waals surface area (Å²) in [5.41, 5.74) is -1.28. The van der Waals surface area contributed by atoms with Crippen LogP contribution in [0.2, 0.25) is 0 Å². The van der Waals surface area contributed by atoms with Crippen molar-refractivity contribution in [3.8, 4) is 0 Å². The number of nitrogens with zero attached hydrogens (tertiary/aromatic N) is 2. The van der Waals surface area contributed by atoms with E-state index < -0.39 is 23.3 Å². The van der Waals surface area contributed by atoms with Gasteiger partial charge in [-0.3, -0.25) is 4.79 Å². The lowest BCUT2D eigenvalue weighted by Crippen LogP contribution is -2.44. The summed E-state index contributed by atoms with van der Waals surface area (Å²) >= 11 is 0. The zero-order chi connectivity index (χ0) is 14.0. The first-order valence-electron chi connectivity index (χ1n) is 5.68. The van der Waals surface area contributed by atoms with E-state index in [1.807, 2.05) is 0 Å². The minimum atomic E-state index is -1.37. The summed E-state index contributed by atoms with van der Waals surface area (Å²) in [5, 5.41) is 9.14. The number of aromatic nitrogens is 1. The predicted molar refractivity (Wildman–Crippen MR) is 62.1 cm³/mol. The lowest BCUT2D eigenvalue weighted by molar-refractivity contribution is -0.160. The number of hydrogen-bond donors (Lipinski definition) is 1. The molecule has 102 valence electrons. The topological polar surface area (TPSA) is 79.7 Å². The van der Waals surface area contributed by atoms with Crippen LogP contribution in [0.3, 0.4) is 0 Å². The fourth-order valence-electron chi connectivity index (χ4n) is 2.05. The van der Waals surface area contributed by atoms with Gasteiger partial charge in [0.2, 0.25) is 0 Å². The number of hydrogen-bond acceptors (Lipinski definition) is 4. The van der Waals surface area contributed by atoms with Crippen LogP contribution < -0.4 is 0 Å². The zero-order valence-electron chi connectivity index (χ0n) is 10.3. The molecule has 1 aromatic heterocycles. The zero-order valence-corrected chi connectivity index (χ0v) is 10.3. The molecule has 6 nitrogen and oxygen atoms in total. The Morgan fingerprint density at radius 1 is 1.53 bits per heavy atom. The summed E-state index contributed by atoms with van der Waals surface area (Å²) in [4.78, 5) is 28.3. The van der Waals surface area contributed by atoms with E-state index in [9.17, 15) is 14.0 Å². The predicted octanol–water partition coefficient (Wildman–Crippen LogP) is 0.536. The molecule has 1 saturated heterocycles. The largest absolute Gasteiger partial charge is 0.479 e. The monoisotopic (exact) mass is 268 g/mol. The summed E-state index contributed by atoms with van der Waals surface area (Å²) in [7, 11) is 1.30. The molecular weight excluding hydrogens is 255 g/mol. The van der Waals surface area contributed by atoms with Crippen molar-refractivity contribution in [2.75, 3.05) is 20.2 Å². The quantitative estimate of drug-likeness (QED) is 0.865.